The van der Waals surface area contributed by atoms with Crippen LogP contribution in [0.15, 0.2) is 30.7 Å². The molecule has 9 nitrogen and oxygen atoms in total. The topological polar surface area (TPSA) is 87.4 Å². The number of methoxy groups -OCH3 is 3. The number of hydrogen-bond donors (Lipinski definition) is 0. The maximum Gasteiger partial charge on any atom is 0.177 e. The van der Waals surface area contributed by atoms with E-state index >= 15 is 8.78 Å². The third-order valence-electron chi connectivity index (χ3n) is 5.82. The lowest BCUT2D eigenvalue weighted by Gasteiger charge is -2.39. The first-order valence-electron chi connectivity index (χ1n) is 10.5. The lowest BCUT2D eigenvalue weighted by molar-refractivity contribution is 0.0785. The number of anilines is 1. The Morgan fingerprint density at radius 1 is 0.971 bits per heavy atom. The molecule has 0 aliphatic carbocycles. The molecule has 1 aromatic carbocycles. The molecule has 0 unspecified atom stereocenters. The first-order chi connectivity index (χ1) is 16.4. The van der Waals surface area contributed by atoms with Gasteiger partial charge in [0.2, 0.25) is 0 Å². The van der Waals surface area contributed by atoms with Gasteiger partial charge in [-0.15, -0.1) is 0 Å². The number of ether oxygens (including phenoxy) is 3. The van der Waals surface area contributed by atoms with Crippen molar-refractivity contribution >= 4 is 16.7 Å². The van der Waals surface area contributed by atoms with Crippen LogP contribution in [0.1, 0.15) is 0 Å². The van der Waals surface area contributed by atoms with Gasteiger partial charge >= 0.3 is 0 Å². The number of fused-ring (bicyclic) bond motifs is 1. The van der Waals surface area contributed by atoms with Gasteiger partial charge in [0.15, 0.2) is 34.8 Å². The Kier molecular flexibility index (Phi) is 5.48. The molecule has 0 amide bonds. The summed E-state index contributed by atoms with van der Waals surface area (Å²) in [5.41, 5.74) is 1.03. The number of pyridine rings is 1. The monoisotopic (exact) mass is 468 g/mol. The van der Waals surface area contributed by atoms with Crippen molar-refractivity contribution in [2.45, 2.75) is 6.10 Å². The highest BCUT2D eigenvalue weighted by atomic mass is 19.1. The predicted octanol–water partition coefficient (Wildman–Crippen LogP) is 3.22. The fraction of sp³-hybridized carbons (Fsp3) is 0.304. The van der Waals surface area contributed by atoms with E-state index < -0.39 is 11.6 Å². The molecule has 176 valence electrons. The summed E-state index contributed by atoms with van der Waals surface area (Å²) in [5, 5.41) is 4.75. The van der Waals surface area contributed by atoms with Crippen molar-refractivity contribution in [3.8, 4) is 34.1 Å². The Morgan fingerprint density at radius 3 is 2.26 bits per heavy atom. The number of aryl methyl sites for hydroxylation is 1. The summed E-state index contributed by atoms with van der Waals surface area (Å²) in [5.74, 6) is -1.09. The second-order valence-electron chi connectivity index (χ2n) is 7.91. The maximum atomic E-state index is 15.2. The molecule has 1 saturated heterocycles. The minimum absolute atomic E-state index is 0.0329. The number of rotatable bonds is 6. The highest BCUT2D eigenvalue weighted by molar-refractivity contribution is 5.93. The molecule has 4 heterocycles. The SMILES string of the molecule is COc1cc(OC)c(F)c(-c2cc3cnc(-c4cnn(C)c4)nc3c(N3CC(OC)C3)n2)c1F. The van der Waals surface area contributed by atoms with Gasteiger partial charge in [0.05, 0.1) is 43.3 Å². The van der Waals surface area contributed by atoms with Crippen molar-refractivity contribution < 1.29 is 23.0 Å². The van der Waals surface area contributed by atoms with Gasteiger partial charge in [-0.2, -0.15) is 5.10 Å². The van der Waals surface area contributed by atoms with Crippen LogP contribution >= 0.6 is 0 Å². The molecule has 0 saturated carbocycles. The third-order valence-corrected chi connectivity index (χ3v) is 5.82. The summed E-state index contributed by atoms with van der Waals surface area (Å²) in [6, 6.07) is 2.72. The number of aromatic nitrogens is 5. The summed E-state index contributed by atoms with van der Waals surface area (Å²) in [6.45, 7) is 1.14. The summed E-state index contributed by atoms with van der Waals surface area (Å²) in [4.78, 5) is 15.7. The van der Waals surface area contributed by atoms with Gasteiger partial charge in [-0.05, 0) is 6.07 Å². The fourth-order valence-electron chi connectivity index (χ4n) is 3.92. The molecule has 5 rings (SSSR count). The quantitative estimate of drug-likeness (QED) is 0.426. The van der Waals surface area contributed by atoms with Crippen molar-refractivity contribution in [2.75, 3.05) is 39.3 Å². The van der Waals surface area contributed by atoms with Crippen molar-refractivity contribution in [1.29, 1.82) is 0 Å². The first kappa shape index (κ1) is 22.0. The molecule has 11 heteroatoms. The average molecular weight is 468 g/mol. The summed E-state index contributed by atoms with van der Waals surface area (Å²) < 4.78 is 47.7. The van der Waals surface area contributed by atoms with Gasteiger partial charge in [0.25, 0.3) is 0 Å². The van der Waals surface area contributed by atoms with Gasteiger partial charge in [-0.3, -0.25) is 4.68 Å². The minimum Gasteiger partial charge on any atom is -0.494 e. The van der Waals surface area contributed by atoms with Crippen LogP contribution in [0.3, 0.4) is 0 Å². The van der Waals surface area contributed by atoms with Crippen LogP contribution in [0.2, 0.25) is 0 Å². The van der Waals surface area contributed by atoms with E-state index in [1.807, 2.05) is 4.90 Å². The highest BCUT2D eigenvalue weighted by Crippen LogP contribution is 2.39. The molecular weight excluding hydrogens is 446 g/mol. The zero-order valence-electron chi connectivity index (χ0n) is 19.0. The van der Waals surface area contributed by atoms with Crippen molar-refractivity contribution in [3.63, 3.8) is 0 Å². The number of nitrogens with zero attached hydrogens (tertiary/aromatic N) is 6. The third kappa shape index (κ3) is 3.58. The van der Waals surface area contributed by atoms with E-state index in [1.165, 1.54) is 14.2 Å². The molecule has 34 heavy (non-hydrogen) atoms. The van der Waals surface area contributed by atoms with Gasteiger partial charge in [-0.25, -0.2) is 23.7 Å². The van der Waals surface area contributed by atoms with E-state index in [2.05, 4.69) is 15.1 Å². The van der Waals surface area contributed by atoms with Crippen molar-refractivity contribution in [2.24, 2.45) is 7.05 Å². The van der Waals surface area contributed by atoms with Gasteiger partial charge in [0, 0.05) is 51.1 Å². The van der Waals surface area contributed by atoms with Gasteiger partial charge in [-0.1, -0.05) is 0 Å². The van der Waals surface area contributed by atoms with E-state index in [4.69, 9.17) is 19.2 Å². The molecule has 0 radical (unpaired) electrons. The lowest BCUT2D eigenvalue weighted by Crippen LogP contribution is -2.52. The summed E-state index contributed by atoms with van der Waals surface area (Å²) in [6.07, 6.45) is 5.12. The predicted molar refractivity (Wildman–Crippen MR) is 121 cm³/mol. The Morgan fingerprint density at radius 2 is 1.68 bits per heavy atom. The molecule has 0 N–H and O–H groups in total. The van der Waals surface area contributed by atoms with Crippen molar-refractivity contribution in [3.05, 3.63) is 42.4 Å². The van der Waals surface area contributed by atoms with E-state index in [0.717, 1.165) is 11.6 Å². The fourth-order valence-corrected chi connectivity index (χ4v) is 3.92. The molecule has 4 aromatic rings. The molecule has 1 aliphatic rings. The van der Waals surface area contributed by atoms with Crippen molar-refractivity contribution in [1.82, 2.24) is 24.7 Å². The second kappa shape index (κ2) is 8.49. The van der Waals surface area contributed by atoms with Gasteiger partial charge < -0.3 is 19.1 Å². The van der Waals surface area contributed by atoms with Crippen LogP contribution in [-0.4, -0.2) is 65.3 Å². The average Bonchev–Trinajstić information content (AvgIpc) is 3.24. The lowest BCUT2D eigenvalue weighted by atomic mass is 10.1. The standard InChI is InChI=1S/C23H22F2N6O3/c1-30-9-13(8-27-30)22-26-7-12-5-15(18-19(24)16(33-3)6-17(34-4)20(18)25)28-23(21(12)29-22)31-10-14(11-31)32-2/h5-9,14H,10-11H2,1-4H3. The molecule has 3 aromatic heterocycles. The van der Waals surface area contributed by atoms with Crippen LogP contribution in [-0.2, 0) is 11.8 Å². The smallest absolute Gasteiger partial charge is 0.177 e. The zero-order chi connectivity index (χ0) is 24.0. The maximum absolute atomic E-state index is 15.2. The number of hydrogen-bond acceptors (Lipinski definition) is 8. The second-order valence-corrected chi connectivity index (χ2v) is 7.91. The van der Waals surface area contributed by atoms with E-state index in [9.17, 15) is 0 Å². The van der Waals surface area contributed by atoms with E-state index in [1.54, 1.807) is 43.5 Å². The molecule has 0 bridgehead atoms. The van der Waals surface area contributed by atoms with Crippen LogP contribution in [0.5, 0.6) is 11.5 Å². The Hall–Kier alpha value is -3.86. The minimum atomic E-state index is -0.870. The van der Waals surface area contributed by atoms with E-state index in [0.29, 0.717) is 35.6 Å². The zero-order valence-corrected chi connectivity index (χ0v) is 19.0. The molecule has 0 spiro atoms. The van der Waals surface area contributed by atoms with Crippen LogP contribution in [0.4, 0.5) is 14.6 Å². The van der Waals surface area contributed by atoms with Crippen LogP contribution in [0.25, 0.3) is 33.5 Å². The Bertz CT molecular complexity index is 1360. The highest BCUT2D eigenvalue weighted by Gasteiger charge is 2.31. The Labute approximate surface area is 193 Å². The molecular formula is C23H22F2N6O3. The Balaban J connectivity index is 1.72. The van der Waals surface area contributed by atoms with Crippen LogP contribution < -0.4 is 14.4 Å². The number of halogens is 2. The first-order valence-corrected chi connectivity index (χ1v) is 10.5. The molecule has 0 atom stereocenters. The largest absolute Gasteiger partial charge is 0.494 e. The molecule has 1 fully saturated rings. The van der Waals surface area contributed by atoms with Gasteiger partial charge in [0.1, 0.15) is 5.52 Å². The summed E-state index contributed by atoms with van der Waals surface area (Å²) >= 11 is 0. The normalized spacial score (nSPS) is 13.9. The number of benzene rings is 1. The van der Waals surface area contributed by atoms with E-state index in [-0.39, 0.29) is 28.9 Å². The molecule has 1 aliphatic heterocycles. The summed E-state index contributed by atoms with van der Waals surface area (Å²) in [7, 11) is 6.05. The van der Waals surface area contributed by atoms with Crippen LogP contribution in [0, 0.1) is 11.6 Å².